The van der Waals surface area contributed by atoms with Crippen LogP contribution in [-0.4, -0.2) is 23.3 Å². The van der Waals surface area contributed by atoms with E-state index in [0.717, 1.165) is 26.7 Å². The summed E-state index contributed by atoms with van der Waals surface area (Å²) in [6.45, 7) is 6.28. The van der Waals surface area contributed by atoms with Crippen LogP contribution < -0.4 is 10.6 Å². The molecule has 0 aliphatic rings. The summed E-state index contributed by atoms with van der Waals surface area (Å²) >= 11 is 1.62. The number of benzene rings is 2. The minimum atomic E-state index is -0.622. The van der Waals surface area contributed by atoms with E-state index in [1.807, 2.05) is 44.2 Å². The predicted molar refractivity (Wildman–Crippen MR) is 117 cm³/mol. The third kappa shape index (κ3) is 5.51. The Kier molecular flexibility index (Phi) is 6.77. The van der Waals surface area contributed by atoms with Crippen molar-refractivity contribution in [2.24, 2.45) is 0 Å². The van der Waals surface area contributed by atoms with Gasteiger partial charge in [0.1, 0.15) is 5.01 Å². The number of nitrogens with one attached hydrogen (secondary N) is 2. The lowest BCUT2D eigenvalue weighted by molar-refractivity contribution is -0.139. The predicted octanol–water partition coefficient (Wildman–Crippen LogP) is 3.96. The number of aromatic nitrogens is 1. The monoisotopic (exact) mass is 407 g/mol. The molecule has 2 N–H and O–H groups in total. The van der Waals surface area contributed by atoms with Crippen molar-refractivity contribution >= 4 is 23.2 Å². The van der Waals surface area contributed by atoms with Gasteiger partial charge in [0.2, 0.25) is 0 Å². The Labute approximate surface area is 175 Å². The summed E-state index contributed by atoms with van der Waals surface area (Å²) < 4.78 is 0. The number of hydrogen-bond donors (Lipinski definition) is 2. The second kappa shape index (κ2) is 9.47. The van der Waals surface area contributed by atoms with Crippen molar-refractivity contribution in [3.05, 3.63) is 76.3 Å². The molecular weight excluding hydrogens is 382 g/mol. The van der Waals surface area contributed by atoms with E-state index in [2.05, 4.69) is 46.8 Å². The number of thiazole rings is 1. The lowest BCUT2D eigenvalue weighted by atomic mass is 10.1. The van der Waals surface area contributed by atoms with Crippen LogP contribution in [0.5, 0.6) is 0 Å². The van der Waals surface area contributed by atoms with Crippen LogP contribution in [0, 0.1) is 13.8 Å². The molecule has 5 nitrogen and oxygen atoms in total. The molecule has 150 valence electrons. The number of amides is 2. The summed E-state index contributed by atoms with van der Waals surface area (Å²) in [5, 5.41) is 6.40. The van der Waals surface area contributed by atoms with Crippen LogP contribution in [0.1, 0.15) is 34.7 Å². The SMILES string of the molecule is Cc1ccc(-c2nc(C)c(CCNC(=O)C(=O)NC(C)c3ccccc3)s2)cc1. The van der Waals surface area contributed by atoms with Gasteiger partial charge in [0.25, 0.3) is 0 Å². The van der Waals surface area contributed by atoms with Crippen LogP contribution in [0.25, 0.3) is 10.6 Å². The molecule has 0 fully saturated rings. The van der Waals surface area contributed by atoms with Crippen molar-refractivity contribution in [3.63, 3.8) is 0 Å². The Hall–Kier alpha value is -2.99. The molecule has 0 bridgehead atoms. The molecular formula is C23H25N3O2S. The van der Waals surface area contributed by atoms with Crippen molar-refractivity contribution in [2.45, 2.75) is 33.2 Å². The van der Waals surface area contributed by atoms with Gasteiger partial charge in [0, 0.05) is 23.4 Å². The quantitative estimate of drug-likeness (QED) is 0.608. The summed E-state index contributed by atoms with van der Waals surface area (Å²) in [5.41, 5.74) is 4.22. The van der Waals surface area contributed by atoms with Crippen molar-refractivity contribution in [1.29, 1.82) is 0 Å². The average Bonchev–Trinajstić information content (AvgIpc) is 3.09. The Morgan fingerprint density at radius 2 is 1.69 bits per heavy atom. The molecule has 0 saturated carbocycles. The molecule has 0 saturated heterocycles. The maximum absolute atomic E-state index is 12.1. The molecule has 1 unspecified atom stereocenters. The first kappa shape index (κ1) is 20.7. The Morgan fingerprint density at radius 3 is 2.38 bits per heavy atom. The van der Waals surface area contributed by atoms with Gasteiger partial charge in [-0.2, -0.15) is 0 Å². The summed E-state index contributed by atoms with van der Waals surface area (Å²) in [4.78, 5) is 30.0. The van der Waals surface area contributed by atoms with Gasteiger partial charge in [-0.05, 0) is 26.3 Å². The van der Waals surface area contributed by atoms with E-state index in [9.17, 15) is 9.59 Å². The van der Waals surface area contributed by atoms with Crippen LogP contribution in [0.15, 0.2) is 54.6 Å². The van der Waals surface area contributed by atoms with Gasteiger partial charge in [-0.25, -0.2) is 4.98 Å². The number of nitrogens with zero attached hydrogens (tertiary/aromatic N) is 1. The summed E-state index contributed by atoms with van der Waals surface area (Å²) in [6, 6.07) is 17.6. The first-order valence-corrected chi connectivity index (χ1v) is 10.4. The highest BCUT2D eigenvalue weighted by atomic mass is 32.1. The molecule has 29 heavy (non-hydrogen) atoms. The topological polar surface area (TPSA) is 71.1 Å². The number of carbonyl (C=O) groups excluding carboxylic acids is 2. The normalized spacial score (nSPS) is 11.7. The lowest BCUT2D eigenvalue weighted by Crippen LogP contribution is -2.41. The third-order valence-corrected chi connectivity index (χ3v) is 5.95. The molecule has 2 aromatic carbocycles. The zero-order chi connectivity index (χ0) is 20.8. The highest BCUT2D eigenvalue weighted by Crippen LogP contribution is 2.28. The average molecular weight is 408 g/mol. The molecule has 3 rings (SSSR count). The number of rotatable bonds is 6. The van der Waals surface area contributed by atoms with Crippen LogP contribution in [-0.2, 0) is 16.0 Å². The van der Waals surface area contributed by atoms with Gasteiger partial charge < -0.3 is 10.6 Å². The maximum Gasteiger partial charge on any atom is 0.309 e. The van der Waals surface area contributed by atoms with Crippen LogP contribution in [0.4, 0.5) is 0 Å². The van der Waals surface area contributed by atoms with E-state index in [4.69, 9.17) is 0 Å². The fraction of sp³-hybridized carbons (Fsp3) is 0.261. The first-order valence-electron chi connectivity index (χ1n) is 9.61. The van der Waals surface area contributed by atoms with E-state index in [1.165, 1.54) is 5.56 Å². The maximum atomic E-state index is 12.1. The smallest absolute Gasteiger partial charge is 0.309 e. The number of hydrogen-bond acceptors (Lipinski definition) is 4. The molecule has 6 heteroatoms. The molecule has 2 amide bonds. The van der Waals surface area contributed by atoms with Crippen LogP contribution in [0.2, 0.25) is 0 Å². The summed E-state index contributed by atoms with van der Waals surface area (Å²) in [5.74, 6) is -1.24. The fourth-order valence-corrected chi connectivity index (χ4v) is 4.00. The molecule has 1 heterocycles. The number of carbonyl (C=O) groups is 2. The molecule has 0 radical (unpaired) electrons. The van der Waals surface area contributed by atoms with Crippen molar-refractivity contribution in [3.8, 4) is 10.6 Å². The van der Waals surface area contributed by atoms with E-state index < -0.39 is 11.8 Å². The highest BCUT2D eigenvalue weighted by molar-refractivity contribution is 7.15. The molecule has 3 aromatic rings. The van der Waals surface area contributed by atoms with Gasteiger partial charge in [-0.15, -0.1) is 11.3 Å². The number of aryl methyl sites for hydroxylation is 2. The highest BCUT2D eigenvalue weighted by Gasteiger charge is 2.17. The van der Waals surface area contributed by atoms with Crippen molar-refractivity contribution < 1.29 is 9.59 Å². The summed E-state index contributed by atoms with van der Waals surface area (Å²) in [6.07, 6.45) is 0.641. The van der Waals surface area contributed by atoms with Gasteiger partial charge in [0.15, 0.2) is 0 Å². The largest absolute Gasteiger partial charge is 0.347 e. The second-order valence-electron chi connectivity index (χ2n) is 7.01. The molecule has 0 spiro atoms. The Balaban J connectivity index is 1.51. The second-order valence-corrected chi connectivity index (χ2v) is 8.09. The minimum absolute atomic E-state index is 0.227. The third-order valence-electron chi connectivity index (χ3n) is 4.68. The van der Waals surface area contributed by atoms with Crippen molar-refractivity contribution in [1.82, 2.24) is 15.6 Å². The van der Waals surface area contributed by atoms with E-state index >= 15 is 0 Å². The lowest BCUT2D eigenvalue weighted by Gasteiger charge is -2.13. The molecule has 1 aromatic heterocycles. The van der Waals surface area contributed by atoms with E-state index in [0.29, 0.717) is 13.0 Å². The Morgan fingerprint density at radius 1 is 1.00 bits per heavy atom. The molecule has 1 atom stereocenters. The van der Waals surface area contributed by atoms with Gasteiger partial charge >= 0.3 is 11.8 Å². The van der Waals surface area contributed by atoms with Crippen LogP contribution >= 0.6 is 11.3 Å². The minimum Gasteiger partial charge on any atom is -0.347 e. The van der Waals surface area contributed by atoms with Gasteiger partial charge in [-0.3, -0.25) is 9.59 Å². The van der Waals surface area contributed by atoms with E-state index in [-0.39, 0.29) is 6.04 Å². The van der Waals surface area contributed by atoms with E-state index in [1.54, 1.807) is 11.3 Å². The standard InChI is InChI=1S/C23H25N3O2S/c1-15-9-11-19(12-10-15)23-26-17(3)20(29-23)13-14-24-21(27)22(28)25-16(2)18-7-5-4-6-8-18/h4-12,16H,13-14H2,1-3H3,(H,24,27)(H,25,28). The Bertz CT molecular complexity index is 981. The van der Waals surface area contributed by atoms with Gasteiger partial charge in [0.05, 0.1) is 11.7 Å². The summed E-state index contributed by atoms with van der Waals surface area (Å²) in [7, 11) is 0. The van der Waals surface area contributed by atoms with Crippen molar-refractivity contribution in [2.75, 3.05) is 6.54 Å². The zero-order valence-electron chi connectivity index (χ0n) is 16.9. The fourth-order valence-electron chi connectivity index (χ4n) is 2.94. The van der Waals surface area contributed by atoms with Gasteiger partial charge in [-0.1, -0.05) is 60.2 Å². The molecule has 0 aliphatic carbocycles. The molecule has 0 aliphatic heterocycles. The van der Waals surface area contributed by atoms with Crippen LogP contribution in [0.3, 0.4) is 0 Å². The first-order chi connectivity index (χ1) is 13.9. The zero-order valence-corrected chi connectivity index (χ0v) is 17.7.